The van der Waals surface area contributed by atoms with Crippen molar-refractivity contribution >= 4 is 0 Å². The Kier molecular flexibility index (Phi) is 2.44. The van der Waals surface area contributed by atoms with Gasteiger partial charge in [-0.3, -0.25) is 0 Å². The van der Waals surface area contributed by atoms with Gasteiger partial charge in [0.25, 0.3) is 0 Å². The van der Waals surface area contributed by atoms with E-state index in [1.54, 1.807) is 5.57 Å². The minimum atomic E-state index is 0.394. The molecule has 0 bridgehead atoms. The van der Waals surface area contributed by atoms with Crippen molar-refractivity contribution in [2.45, 2.75) is 52.4 Å². The van der Waals surface area contributed by atoms with E-state index >= 15 is 0 Å². The van der Waals surface area contributed by atoms with Gasteiger partial charge in [0.2, 0.25) is 0 Å². The van der Waals surface area contributed by atoms with Crippen molar-refractivity contribution in [3.8, 4) is 0 Å². The molecule has 0 radical (unpaired) electrons. The lowest BCUT2D eigenvalue weighted by Crippen LogP contribution is -2.47. The van der Waals surface area contributed by atoms with E-state index < -0.39 is 0 Å². The average molecular weight is 254 g/mol. The van der Waals surface area contributed by atoms with Crippen LogP contribution in [-0.4, -0.2) is 0 Å². The molecule has 4 aliphatic rings. The molecule has 0 saturated heterocycles. The van der Waals surface area contributed by atoms with Gasteiger partial charge in [0.05, 0.1) is 0 Å². The summed E-state index contributed by atoms with van der Waals surface area (Å²) in [4.78, 5) is 0. The second kappa shape index (κ2) is 3.87. The van der Waals surface area contributed by atoms with Crippen LogP contribution in [0, 0.1) is 28.6 Å². The molecule has 1 saturated carbocycles. The van der Waals surface area contributed by atoms with Crippen LogP contribution in [0.1, 0.15) is 52.4 Å². The quantitative estimate of drug-likeness (QED) is 0.516. The molecule has 0 unspecified atom stereocenters. The Morgan fingerprint density at radius 1 is 1.05 bits per heavy atom. The van der Waals surface area contributed by atoms with Crippen molar-refractivity contribution in [2.75, 3.05) is 0 Å². The maximum absolute atomic E-state index is 2.62. The summed E-state index contributed by atoms with van der Waals surface area (Å²) in [5, 5.41) is 0. The first-order valence-electron chi connectivity index (χ1n) is 8.18. The van der Waals surface area contributed by atoms with Gasteiger partial charge in [-0.05, 0) is 61.7 Å². The van der Waals surface area contributed by atoms with E-state index in [0.29, 0.717) is 10.8 Å². The fourth-order valence-electron chi connectivity index (χ4n) is 5.75. The minimum absolute atomic E-state index is 0.394. The zero-order chi connectivity index (χ0) is 13.1. The molecular formula is C19H26. The summed E-state index contributed by atoms with van der Waals surface area (Å²) in [6.45, 7) is 5.03. The molecule has 0 nitrogen and oxygen atoms in total. The third kappa shape index (κ3) is 1.52. The molecule has 4 aliphatic carbocycles. The van der Waals surface area contributed by atoms with Crippen LogP contribution in [0.15, 0.2) is 36.0 Å². The zero-order valence-electron chi connectivity index (χ0n) is 12.4. The summed E-state index contributed by atoms with van der Waals surface area (Å²) in [5.41, 5.74) is 2.66. The normalized spacial score (nSPS) is 51.3. The van der Waals surface area contributed by atoms with Crippen LogP contribution >= 0.6 is 0 Å². The van der Waals surface area contributed by atoms with Crippen molar-refractivity contribution in [1.82, 2.24) is 0 Å². The molecule has 0 aliphatic heterocycles. The van der Waals surface area contributed by atoms with Crippen molar-refractivity contribution in [1.29, 1.82) is 0 Å². The second-order valence-electron chi connectivity index (χ2n) is 7.75. The lowest BCUT2D eigenvalue weighted by atomic mass is 9.49. The topological polar surface area (TPSA) is 0 Å². The first-order valence-corrected chi connectivity index (χ1v) is 8.18. The third-order valence-corrected chi connectivity index (χ3v) is 6.91. The maximum atomic E-state index is 2.62. The molecule has 0 aromatic heterocycles. The lowest BCUT2D eigenvalue weighted by molar-refractivity contribution is 0.0123. The van der Waals surface area contributed by atoms with Crippen molar-refractivity contribution < 1.29 is 0 Å². The van der Waals surface area contributed by atoms with Crippen LogP contribution < -0.4 is 0 Å². The molecule has 0 aromatic rings. The van der Waals surface area contributed by atoms with Gasteiger partial charge in [-0.2, -0.15) is 0 Å². The smallest absolute Gasteiger partial charge is 0.00936 e. The van der Waals surface area contributed by atoms with E-state index in [0.717, 1.165) is 17.8 Å². The molecule has 102 valence electrons. The molecular weight excluding hydrogens is 228 g/mol. The van der Waals surface area contributed by atoms with Crippen LogP contribution in [0.2, 0.25) is 0 Å². The molecule has 1 fully saturated rings. The van der Waals surface area contributed by atoms with Gasteiger partial charge < -0.3 is 0 Å². The van der Waals surface area contributed by atoms with Gasteiger partial charge in [0, 0.05) is 5.41 Å². The average Bonchev–Trinajstić information content (AvgIpc) is 2.79. The Hall–Kier alpha value is -0.780. The predicted octanol–water partition coefficient (Wildman–Crippen LogP) is 5.28. The molecule has 4 rings (SSSR count). The molecule has 0 aromatic carbocycles. The van der Waals surface area contributed by atoms with E-state index in [9.17, 15) is 0 Å². The fourth-order valence-corrected chi connectivity index (χ4v) is 5.75. The Morgan fingerprint density at radius 3 is 2.84 bits per heavy atom. The van der Waals surface area contributed by atoms with E-state index in [-0.39, 0.29) is 0 Å². The van der Waals surface area contributed by atoms with Gasteiger partial charge in [0.1, 0.15) is 0 Å². The molecule has 0 spiro atoms. The van der Waals surface area contributed by atoms with Gasteiger partial charge in [-0.15, -0.1) is 0 Å². The van der Waals surface area contributed by atoms with Crippen molar-refractivity contribution in [3.63, 3.8) is 0 Å². The Labute approximate surface area is 117 Å². The summed E-state index contributed by atoms with van der Waals surface area (Å²) in [7, 11) is 0. The Balaban J connectivity index is 1.74. The van der Waals surface area contributed by atoms with Gasteiger partial charge in [-0.1, -0.05) is 49.8 Å². The number of fused-ring (bicyclic) bond motifs is 5. The van der Waals surface area contributed by atoms with Gasteiger partial charge in [-0.25, -0.2) is 0 Å². The van der Waals surface area contributed by atoms with Crippen LogP contribution in [0.25, 0.3) is 0 Å². The van der Waals surface area contributed by atoms with E-state index in [1.165, 1.54) is 38.5 Å². The summed E-state index contributed by atoms with van der Waals surface area (Å²) in [5.74, 6) is 2.74. The van der Waals surface area contributed by atoms with Crippen LogP contribution in [0.3, 0.4) is 0 Å². The molecule has 0 amide bonds. The Bertz CT molecular complexity index is 480. The lowest BCUT2D eigenvalue weighted by Gasteiger charge is -2.55. The van der Waals surface area contributed by atoms with Crippen LogP contribution in [0.5, 0.6) is 0 Å². The van der Waals surface area contributed by atoms with Crippen molar-refractivity contribution in [2.24, 2.45) is 28.6 Å². The summed E-state index contributed by atoms with van der Waals surface area (Å²) < 4.78 is 0. The largest absolute Gasteiger partial charge is 0.0877 e. The molecule has 0 heterocycles. The number of hydrogen-bond donors (Lipinski definition) is 0. The SMILES string of the molecule is C[C@@]12C=CC[C@H]1[C@@H]1CC=C3CCC=C[C@]3(C)[C@H]1CC2. The van der Waals surface area contributed by atoms with Crippen molar-refractivity contribution in [3.05, 3.63) is 36.0 Å². The first kappa shape index (κ1) is 12.0. The number of rotatable bonds is 0. The van der Waals surface area contributed by atoms with Crippen LogP contribution in [-0.2, 0) is 0 Å². The Morgan fingerprint density at radius 2 is 1.95 bits per heavy atom. The summed E-state index contributed by atoms with van der Waals surface area (Å²) >= 11 is 0. The van der Waals surface area contributed by atoms with Gasteiger partial charge in [0.15, 0.2) is 0 Å². The monoisotopic (exact) mass is 254 g/mol. The predicted molar refractivity (Wildman–Crippen MR) is 80.7 cm³/mol. The minimum Gasteiger partial charge on any atom is -0.0877 e. The molecule has 0 N–H and O–H groups in total. The zero-order valence-corrected chi connectivity index (χ0v) is 12.4. The number of allylic oxidation sites excluding steroid dienone is 6. The summed E-state index contributed by atoms with van der Waals surface area (Å²) in [6, 6.07) is 0. The third-order valence-electron chi connectivity index (χ3n) is 6.91. The number of hydrogen-bond acceptors (Lipinski definition) is 0. The first-order chi connectivity index (χ1) is 9.13. The van der Waals surface area contributed by atoms with Crippen LogP contribution in [0.4, 0.5) is 0 Å². The summed E-state index contributed by atoms with van der Waals surface area (Å²) in [6.07, 6.45) is 20.7. The highest BCUT2D eigenvalue weighted by Gasteiger charge is 2.53. The maximum Gasteiger partial charge on any atom is 0.00936 e. The highest BCUT2D eigenvalue weighted by atomic mass is 14.6. The fraction of sp³-hybridized carbons (Fsp3) is 0.684. The highest BCUT2D eigenvalue weighted by molar-refractivity contribution is 5.32. The highest BCUT2D eigenvalue weighted by Crippen LogP contribution is 2.62. The van der Waals surface area contributed by atoms with E-state index in [4.69, 9.17) is 0 Å². The molecule has 0 heteroatoms. The van der Waals surface area contributed by atoms with E-state index in [2.05, 4.69) is 44.2 Å². The molecule has 19 heavy (non-hydrogen) atoms. The standard InChI is InChI=1S/C19H26/c1-18-11-5-7-16(18)15-9-8-14-6-3-4-12-19(14,2)17(15)10-13-18/h4-5,8,11-12,15-17H,3,6-7,9-10,13H2,1-2H3/t15-,16-,17-,18-,19-/m0/s1. The van der Waals surface area contributed by atoms with E-state index in [1.807, 2.05) is 0 Å². The van der Waals surface area contributed by atoms with Gasteiger partial charge >= 0.3 is 0 Å². The molecule has 5 atom stereocenters. The second-order valence-corrected chi connectivity index (χ2v) is 7.75.